The molecule has 1 atom stereocenters. The fourth-order valence-electron chi connectivity index (χ4n) is 4.08. The molecule has 24 heavy (non-hydrogen) atoms. The molecule has 2 aliphatic carbocycles. The minimum absolute atomic E-state index is 0.0147. The number of nitrogens with one attached hydrogen (secondary N) is 2. The van der Waals surface area contributed by atoms with Crippen LogP contribution in [0.4, 0.5) is 0 Å². The average Bonchev–Trinajstić information content (AvgIpc) is 2.60. The maximum Gasteiger partial charge on any atom is 0.261 e. The Morgan fingerprint density at radius 2 is 1.96 bits per heavy atom. The smallest absolute Gasteiger partial charge is 0.261 e. The van der Waals surface area contributed by atoms with Gasteiger partial charge < -0.3 is 10.3 Å². The van der Waals surface area contributed by atoms with E-state index in [-0.39, 0.29) is 28.9 Å². The van der Waals surface area contributed by atoms with E-state index in [1.54, 1.807) is 0 Å². The number of carbonyl (C=O) groups excluding carboxylic acids is 2. The quantitative estimate of drug-likeness (QED) is 0.891. The van der Waals surface area contributed by atoms with Crippen molar-refractivity contribution in [3.63, 3.8) is 0 Å². The highest BCUT2D eigenvalue weighted by Gasteiger charge is 2.26. The Hall–Kier alpha value is -1.91. The topological polar surface area (TPSA) is 79.0 Å². The number of aromatic amines is 1. The van der Waals surface area contributed by atoms with Crippen LogP contribution in [0.2, 0.25) is 0 Å². The molecule has 0 saturated heterocycles. The molecule has 5 nitrogen and oxygen atoms in total. The Labute approximate surface area is 142 Å². The predicted molar refractivity (Wildman–Crippen MR) is 92.5 cm³/mol. The second kappa shape index (κ2) is 7.32. The third-order valence-electron chi connectivity index (χ3n) is 5.47. The number of carbonyl (C=O) groups is 2. The predicted octanol–water partition coefficient (Wildman–Crippen LogP) is 2.98. The third kappa shape index (κ3) is 3.45. The molecule has 0 aliphatic heterocycles. The van der Waals surface area contributed by atoms with E-state index in [2.05, 4.69) is 17.2 Å². The lowest BCUT2D eigenvalue weighted by Gasteiger charge is -2.30. The minimum Gasteiger partial charge on any atom is -0.349 e. The Morgan fingerprint density at radius 3 is 2.67 bits per heavy atom. The van der Waals surface area contributed by atoms with Gasteiger partial charge in [0.05, 0.1) is 0 Å². The van der Waals surface area contributed by atoms with Gasteiger partial charge in [-0.05, 0) is 44.1 Å². The van der Waals surface area contributed by atoms with Crippen LogP contribution < -0.4 is 10.9 Å². The fourth-order valence-corrected chi connectivity index (χ4v) is 4.08. The van der Waals surface area contributed by atoms with E-state index in [1.807, 2.05) is 0 Å². The van der Waals surface area contributed by atoms with E-state index < -0.39 is 0 Å². The molecule has 3 rings (SSSR count). The van der Waals surface area contributed by atoms with Crippen LogP contribution in [-0.2, 0) is 6.42 Å². The number of hydrogen-bond donors (Lipinski definition) is 2. The molecule has 0 radical (unpaired) electrons. The summed E-state index contributed by atoms with van der Waals surface area (Å²) in [6.45, 7) is 2.07. The van der Waals surface area contributed by atoms with Gasteiger partial charge in [-0.15, -0.1) is 0 Å². The zero-order chi connectivity index (χ0) is 17.1. The number of rotatable bonds is 4. The number of fused-ring (bicyclic) bond motifs is 1. The highest BCUT2D eigenvalue weighted by molar-refractivity contribution is 6.01. The van der Waals surface area contributed by atoms with Crippen molar-refractivity contribution in [1.29, 1.82) is 0 Å². The molecule has 2 N–H and O–H groups in total. The number of Topliss-reactive ketones (excluding diaryl/α,β-unsaturated/α-hetero) is 1. The number of amides is 1. The Kier molecular flexibility index (Phi) is 5.17. The lowest BCUT2D eigenvalue weighted by atomic mass is 9.83. The van der Waals surface area contributed by atoms with Gasteiger partial charge in [0.15, 0.2) is 5.78 Å². The second-order valence-corrected chi connectivity index (χ2v) is 7.07. The van der Waals surface area contributed by atoms with Gasteiger partial charge in [0.25, 0.3) is 11.5 Å². The maximum absolute atomic E-state index is 12.6. The van der Waals surface area contributed by atoms with Crippen LogP contribution >= 0.6 is 0 Å². The van der Waals surface area contributed by atoms with E-state index in [9.17, 15) is 14.4 Å². The first-order chi connectivity index (χ1) is 11.6. The molecule has 1 aromatic heterocycles. The van der Waals surface area contributed by atoms with Crippen LogP contribution in [-0.4, -0.2) is 22.7 Å². The number of H-pyrrole nitrogens is 1. The van der Waals surface area contributed by atoms with Crippen LogP contribution in [0.25, 0.3) is 0 Å². The van der Waals surface area contributed by atoms with Crippen LogP contribution in [0, 0.1) is 5.92 Å². The molecular weight excluding hydrogens is 304 g/mol. The largest absolute Gasteiger partial charge is 0.349 e. The van der Waals surface area contributed by atoms with Crippen molar-refractivity contribution in [2.45, 2.75) is 70.8 Å². The van der Waals surface area contributed by atoms with Gasteiger partial charge in [-0.25, -0.2) is 0 Å². The summed E-state index contributed by atoms with van der Waals surface area (Å²) in [5.41, 5.74) is 0.863. The van der Waals surface area contributed by atoms with Gasteiger partial charge in [0.2, 0.25) is 0 Å². The van der Waals surface area contributed by atoms with Gasteiger partial charge in [0, 0.05) is 23.7 Å². The highest BCUT2D eigenvalue weighted by Crippen LogP contribution is 2.28. The maximum atomic E-state index is 12.6. The van der Waals surface area contributed by atoms with Crippen LogP contribution in [0.15, 0.2) is 10.9 Å². The number of hydrogen-bond acceptors (Lipinski definition) is 3. The fraction of sp³-hybridized carbons (Fsp3) is 0.632. The molecule has 0 unspecified atom stereocenters. The van der Waals surface area contributed by atoms with Gasteiger partial charge in [-0.1, -0.05) is 26.2 Å². The molecule has 0 spiro atoms. The first-order valence-electron chi connectivity index (χ1n) is 9.20. The normalized spacial score (nSPS) is 19.6. The zero-order valence-electron chi connectivity index (χ0n) is 14.3. The summed E-state index contributed by atoms with van der Waals surface area (Å²) >= 11 is 0. The lowest BCUT2D eigenvalue weighted by molar-refractivity contribution is 0.0909. The van der Waals surface area contributed by atoms with E-state index in [0.717, 1.165) is 25.7 Å². The van der Waals surface area contributed by atoms with E-state index in [0.29, 0.717) is 30.0 Å². The minimum atomic E-state index is -0.389. The highest BCUT2D eigenvalue weighted by atomic mass is 16.2. The molecule has 1 amide bonds. The summed E-state index contributed by atoms with van der Waals surface area (Å²) in [5, 5.41) is 3.04. The molecular formula is C19H26N2O3. The van der Waals surface area contributed by atoms with Crippen molar-refractivity contribution >= 4 is 11.7 Å². The summed E-state index contributed by atoms with van der Waals surface area (Å²) < 4.78 is 0. The zero-order valence-corrected chi connectivity index (χ0v) is 14.3. The van der Waals surface area contributed by atoms with Crippen LogP contribution in [0.1, 0.15) is 84.7 Å². The van der Waals surface area contributed by atoms with E-state index in [1.165, 1.54) is 25.3 Å². The van der Waals surface area contributed by atoms with Crippen molar-refractivity contribution in [1.82, 2.24) is 10.3 Å². The van der Waals surface area contributed by atoms with Crippen molar-refractivity contribution in [3.05, 3.63) is 33.2 Å². The Balaban J connectivity index is 1.80. The average molecular weight is 330 g/mol. The molecule has 0 aromatic carbocycles. The lowest BCUT2D eigenvalue weighted by Crippen LogP contribution is -2.42. The van der Waals surface area contributed by atoms with Gasteiger partial charge in [-0.2, -0.15) is 0 Å². The standard InChI is InChI=1S/C19H26N2O3/c1-2-15(12-7-4-3-5-8-12)20-18(23)14-11-13-16(21-19(14)24)9-6-10-17(13)22/h11-12,15H,2-10H2,1H3,(H,20,23)(H,21,24)/t15-/m1/s1. The number of aryl methyl sites for hydroxylation is 1. The first-order valence-corrected chi connectivity index (χ1v) is 9.20. The first kappa shape index (κ1) is 16.9. The summed E-state index contributed by atoms with van der Waals surface area (Å²) in [7, 11) is 0. The SMILES string of the molecule is CC[C@@H](NC(=O)c1cc2c([nH]c1=O)CCCC2=O)C1CCCCC1. The monoisotopic (exact) mass is 330 g/mol. The number of ketones is 1. The molecule has 0 bridgehead atoms. The molecule has 1 heterocycles. The third-order valence-corrected chi connectivity index (χ3v) is 5.47. The van der Waals surface area contributed by atoms with Gasteiger partial charge in [0.1, 0.15) is 5.56 Å². The Morgan fingerprint density at radius 1 is 1.21 bits per heavy atom. The van der Waals surface area contributed by atoms with Crippen LogP contribution in [0.3, 0.4) is 0 Å². The number of pyridine rings is 1. The summed E-state index contributed by atoms with van der Waals surface area (Å²) in [4.78, 5) is 39.7. The molecule has 1 saturated carbocycles. The van der Waals surface area contributed by atoms with Crippen LogP contribution in [0.5, 0.6) is 0 Å². The summed E-state index contributed by atoms with van der Waals surface area (Å²) in [6, 6.07) is 1.60. The van der Waals surface area contributed by atoms with Gasteiger partial charge in [-0.3, -0.25) is 14.4 Å². The van der Waals surface area contributed by atoms with Crippen molar-refractivity contribution < 1.29 is 9.59 Å². The Bertz CT molecular complexity index is 686. The second-order valence-electron chi connectivity index (χ2n) is 7.07. The molecule has 5 heteroatoms. The molecule has 1 aromatic rings. The molecule has 1 fully saturated rings. The van der Waals surface area contributed by atoms with E-state index >= 15 is 0 Å². The van der Waals surface area contributed by atoms with Gasteiger partial charge >= 0.3 is 0 Å². The van der Waals surface area contributed by atoms with Crippen molar-refractivity contribution in [2.24, 2.45) is 5.92 Å². The summed E-state index contributed by atoms with van der Waals surface area (Å²) in [5.74, 6) is 0.154. The number of aromatic nitrogens is 1. The van der Waals surface area contributed by atoms with Crippen molar-refractivity contribution in [2.75, 3.05) is 0 Å². The molecule has 130 valence electrons. The molecule has 2 aliphatic rings. The van der Waals surface area contributed by atoms with Crippen molar-refractivity contribution in [3.8, 4) is 0 Å². The summed E-state index contributed by atoms with van der Waals surface area (Å²) in [6.07, 6.45) is 8.77. The van der Waals surface area contributed by atoms with E-state index in [4.69, 9.17) is 0 Å².